The molecule has 0 aliphatic rings. The number of pyridine rings is 1. The number of nitrogens with zero attached hydrogens (tertiary/aromatic N) is 1. The summed E-state index contributed by atoms with van der Waals surface area (Å²) in [4.78, 5) is 16.5. The van der Waals surface area contributed by atoms with Gasteiger partial charge in [0.2, 0.25) is 0 Å². The molecule has 0 bridgehead atoms. The van der Waals surface area contributed by atoms with E-state index in [0.717, 1.165) is 0 Å². The fourth-order valence-electron chi connectivity index (χ4n) is 2.47. The van der Waals surface area contributed by atoms with Crippen molar-refractivity contribution in [3.05, 3.63) is 54.1 Å². The molecule has 1 unspecified atom stereocenters. The third-order valence-electron chi connectivity index (χ3n) is 3.70. The van der Waals surface area contributed by atoms with Gasteiger partial charge >= 0.3 is 24.4 Å². The predicted octanol–water partition coefficient (Wildman–Crippen LogP) is 5.04. The number of rotatable bonds is 3. The molecule has 0 amide bonds. The number of carbonyl (C=O) groups is 1. The first-order valence-corrected chi connectivity index (χ1v) is 7.20. The quantitative estimate of drug-likeness (QED) is 0.367. The molecule has 136 valence electrons. The maximum Gasteiger partial charge on any atom is 0.466 e. The number of hydrogen-bond donors (Lipinski definition) is 0. The second-order valence-corrected chi connectivity index (χ2v) is 5.35. The van der Waals surface area contributed by atoms with Crippen LogP contribution in [0.1, 0.15) is 10.4 Å². The van der Waals surface area contributed by atoms with E-state index in [-0.39, 0.29) is 21.8 Å². The van der Waals surface area contributed by atoms with E-state index < -0.39 is 30.0 Å². The summed E-state index contributed by atoms with van der Waals surface area (Å²) in [5, 5.41) is 0.102. The van der Waals surface area contributed by atoms with Crippen molar-refractivity contribution in [1.29, 1.82) is 0 Å². The molecule has 1 atom stereocenters. The molecule has 0 N–H and O–H groups in total. The highest BCUT2D eigenvalue weighted by Crippen LogP contribution is 2.41. The average Bonchev–Trinajstić information content (AvgIpc) is 2.58. The van der Waals surface area contributed by atoms with Crippen molar-refractivity contribution in [3.8, 4) is 0 Å². The standard InChI is InChI=1S/C17H9F6NO2/c18-15(19)16(20,17(21,22)23)26-14(25)13-9-5-1-3-7-11(9)24-12-8-4-2-6-10(12)13/h1-8,15H. The lowest BCUT2D eigenvalue weighted by molar-refractivity contribution is -0.349. The minimum atomic E-state index is -6.10. The van der Waals surface area contributed by atoms with Crippen molar-refractivity contribution < 1.29 is 35.9 Å². The monoisotopic (exact) mass is 373 g/mol. The van der Waals surface area contributed by atoms with Crippen molar-refractivity contribution >= 4 is 27.8 Å². The Kier molecular flexibility index (Phi) is 4.25. The molecular formula is C17H9F6NO2. The Morgan fingerprint density at radius 3 is 1.77 bits per heavy atom. The van der Waals surface area contributed by atoms with Gasteiger partial charge in [0.25, 0.3) is 0 Å². The van der Waals surface area contributed by atoms with Gasteiger partial charge in [0.1, 0.15) is 0 Å². The molecule has 1 heterocycles. The summed E-state index contributed by atoms with van der Waals surface area (Å²) in [6.07, 6.45) is -10.7. The summed E-state index contributed by atoms with van der Waals surface area (Å²) in [5.74, 6) is -7.28. The van der Waals surface area contributed by atoms with Crippen LogP contribution in [-0.2, 0) is 4.74 Å². The van der Waals surface area contributed by atoms with Crippen molar-refractivity contribution in [2.45, 2.75) is 18.5 Å². The molecule has 0 aliphatic carbocycles. The summed E-state index contributed by atoms with van der Waals surface area (Å²) in [5.41, 5.74) is -0.0450. The Morgan fingerprint density at radius 1 is 0.885 bits per heavy atom. The van der Waals surface area contributed by atoms with Gasteiger partial charge in [0, 0.05) is 10.8 Å². The molecule has 0 fully saturated rings. The number of benzene rings is 2. The number of halogens is 6. The molecule has 0 aliphatic heterocycles. The Labute approximate surface area is 142 Å². The van der Waals surface area contributed by atoms with Gasteiger partial charge in [-0.3, -0.25) is 0 Å². The maximum atomic E-state index is 13.8. The van der Waals surface area contributed by atoms with E-state index in [1.807, 2.05) is 0 Å². The predicted molar refractivity (Wildman–Crippen MR) is 80.6 cm³/mol. The van der Waals surface area contributed by atoms with Crippen molar-refractivity contribution in [1.82, 2.24) is 4.98 Å². The van der Waals surface area contributed by atoms with Crippen LogP contribution in [0.2, 0.25) is 0 Å². The first-order valence-electron chi connectivity index (χ1n) is 7.20. The summed E-state index contributed by atoms with van der Waals surface area (Å²) in [6.45, 7) is 0. The van der Waals surface area contributed by atoms with Crippen LogP contribution in [-0.4, -0.2) is 29.4 Å². The van der Waals surface area contributed by atoms with Crippen LogP contribution < -0.4 is 0 Å². The fourth-order valence-corrected chi connectivity index (χ4v) is 2.47. The zero-order valence-electron chi connectivity index (χ0n) is 12.7. The molecule has 0 saturated heterocycles. The van der Waals surface area contributed by atoms with Crippen LogP contribution in [0, 0.1) is 0 Å². The van der Waals surface area contributed by atoms with Gasteiger partial charge in [-0.15, -0.1) is 0 Å². The lowest BCUT2D eigenvalue weighted by Crippen LogP contribution is -2.51. The maximum absolute atomic E-state index is 13.8. The van der Waals surface area contributed by atoms with E-state index in [1.54, 1.807) is 12.1 Å². The normalized spacial score (nSPS) is 14.6. The molecule has 2 aromatic carbocycles. The fraction of sp³-hybridized carbons (Fsp3) is 0.176. The van der Waals surface area contributed by atoms with Gasteiger partial charge in [0.15, 0.2) is 0 Å². The molecule has 1 aromatic heterocycles. The topological polar surface area (TPSA) is 39.2 Å². The molecule has 9 heteroatoms. The van der Waals surface area contributed by atoms with Crippen LogP contribution in [0.5, 0.6) is 0 Å². The van der Waals surface area contributed by atoms with Crippen LogP contribution >= 0.6 is 0 Å². The number of fused-ring (bicyclic) bond motifs is 2. The van der Waals surface area contributed by atoms with Crippen molar-refractivity contribution in [2.75, 3.05) is 0 Å². The molecular weight excluding hydrogens is 364 g/mol. The third-order valence-corrected chi connectivity index (χ3v) is 3.70. The van der Waals surface area contributed by atoms with Gasteiger partial charge in [-0.05, 0) is 12.1 Å². The lowest BCUT2D eigenvalue weighted by Gasteiger charge is -2.26. The van der Waals surface area contributed by atoms with Gasteiger partial charge in [-0.2, -0.15) is 17.6 Å². The zero-order chi connectivity index (χ0) is 19.1. The van der Waals surface area contributed by atoms with E-state index in [2.05, 4.69) is 9.72 Å². The molecule has 0 saturated carbocycles. The molecule has 0 spiro atoms. The van der Waals surface area contributed by atoms with E-state index >= 15 is 0 Å². The lowest BCUT2D eigenvalue weighted by atomic mass is 10.0. The first kappa shape index (κ1) is 18.0. The van der Waals surface area contributed by atoms with Crippen LogP contribution in [0.25, 0.3) is 21.8 Å². The van der Waals surface area contributed by atoms with Crippen LogP contribution in [0.15, 0.2) is 48.5 Å². The number of alkyl halides is 6. The largest absolute Gasteiger partial charge is 0.466 e. The smallest absolute Gasteiger partial charge is 0.411 e. The van der Waals surface area contributed by atoms with Gasteiger partial charge in [-0.25, -0.2) is 18.6 Å². The number of esters is 1. The summed E-state index contributed by atoms with van der Waals surface area (Å²) in [6, 6.07) is 11.7. The molecule has 0 radical (unpaired) electrons. The average molecular weight is 373 g/mol. The zero-order valence-corrected chi connectivity index (χ0v) is 12.7. The molecule has 3 aromatic rings. The minimum absolute atomic E-state index is 0.0509. The Morgan fingerprint density at radius 2 is 1.35 bits per heavy atom. The van der Waals surface area contributed by atoms with E-state index in [0.29, 0.717) is 0 Å². The Hall–Kier alpha value is -2.84. The van der Waals surface area contributed by atoms with Crippen molar-refractivity contribution in [2.24, 2.45) is 0 Å². The summed E-state index contributed by atoms with van der Waals surface area (Å²) < 4.78 is 81.0. The number of aromatic nitrogens is 1. The second-order valence-electron chi connectivity index (χ2n) is 5.35. The van der Waals surface area contributed by atoms with Gasteiger partial charge in [-0.1, -0.05) is 36.4 Å². The van der Waals surface area contributed by atoms with E-state index in [4.69, 9.17) is 0 Å². The highest BCUT2D eigenvalue weighted by Gasteiger charge is 2.67. The highest BCUT2D eigenvalue weighted by molar-refractivity contribution is 6.14. The van der Waals surface area contributed by atoms with Gasteiger partial charge < -0.3 is 4.74 Å². The molecule has 3 rings (SSSR count). The number of ether oxygens (including phenoxy) is 1. The number of hydrogen-bond acceptors (Lipinski definition) is 3. The summed E-state index contributed by atoms with van der Waals surface area (Å²) >= 11 is 0. The van der Waals surface area contributed by atoms with Crippen LogP contribution in [0.4, 0.5) is 26.3 Å². The van der Waals surface area contributed by atoms with Crippen LogP contribution in [0.3, 0.4) is 0 Å². The first-order chi connectivity index (χ1) is 12.1. The SMILES string of the molecule is O=C(OC(F)(C(F)F)C(F)(F)F)c1c2ccccc2nc2ccccc12. The Balaban J connectivity index is 2.21. The van der Waals surface area contributed by atoms with E-state index in [1.165, 1.54) is 36.4 Å². The second kappa shape index (κ2) is 6.15. The highest BCUT2D eigenvalue weighted by atomic mass is 19.4. The van der Waals surface area contributed by atoms with E-state index in [9.17, 15) is 31.1 Å². The van der Waals surface area contributed by atoms with Crippen molar-refractivity contribution in [3.63, 3.8) is 0 Å². The number of para-hydroxylation sites is 2. The van der Waals surface area contributed by atoms with Gasteiger partial charge in [0.05, 0.1) is 16.6 Å². The molecule has 26 heavy (non-hydrogen) atoms. The number of carbonyl (C=O) groups excluding carboxylic acids is 1. The summed E-state index contributed by atoms with van der Waals surface area (Å²) in [7, 11) is 0. The third kappa shape index (κ3) is 2.83. The molecule has 3 nitrogen and oxygen atoms in total. The Bertz CT molecular complexity index is 934. The minimum Gasteiger partial charge on any atom is -0.411 e.